The molecular formula is C19H15FN2O3. The molecule has 0 aliphatic heterocycles. The van der Waals surface area contributed by atoms with Crippen LogP contribution in [0.4, 0.5) is 10.1 Å². The van der Waals surface area contributed by atoms with E-state index in [1.165, 1.54) is 37.5 Å². The zero-order valence-electron chi connectivity index (χ0n) is 13.4. The Bertz CT molecular complexity index is 838. The maximum atomic E-state index is 12.8. The Hall–Kier alpha value is -3.46. The molecule has 0 spiro atoms. The van der Waals surface area contributed by atoms with Gasteiger partial charge in [-0.05, 0) is 35.9 Å². The van der Waals surface area contributed by atoms with Gasteiger partial charge in [0.05, 0.1) is 13.2 Å². The Morgan fingerprint density at radius 3 is 2.60 bits per heavy atom. The van der Waals surface area contributed by atoms with E-state index in [4.69, 9.17) is 10.00 Å². The monoisotopic (exact) mass is 338 g/mol. The van der Waals surface area contributed by atoms with E-state index in [1.54, 1.807) is 30.3 Å². The molecule has 0 saturated heterocycles. The number of benzene rings is 2. The predicted molar refractivity (Wildman–Crippen MR) is 91.2 cm³/mol. The van der Waals surface area contributed by atoms with Crippen LogP contribution in [0.1, 0.15) is 5.56 Å². The number of nitrogens with one attached hydrogen (secondary N) is 1. The summed E-state index contributed by atoms with van der Waals surface area (Å²) in [4.78, 5) is 24.3. The van der Waals surface area contributed by atoms with Gasteiger partial charge in [-0.2, -0.15) is 5.26 Å². The zero-order chi connectivity index (χ0) is 18.2. The van der Waals surface area contributed by atoms with Gasteiger partial charge in [-0.3, -0.25) is 9.59 Å². The molecule has 0 bridgehead atoms. The molecule has 1 unspecified atom stereocenters. The molecule has 2 aromatic rings. The minimum Gasteiger partial charge on any atom is -0.497 e. The second-order valence-electron chi connectivity index (χ2n) is 5.07. The molecule has 2 rings (SSSR count). The van der Waals surface area contributed by atoms with Gasteiger partial charge in [0, 0.05) is 11.8 Å². The van der Waals surface area contributed by atoms with Crippen LogP contribution < -0.4 is 10.1 Å². The number of hydrogen-bond acceptors (Lipinski definition) is 4. The molecule has 1 N–H and O–H groups in total. The third kappa shape index (κ3) is 5.01. The minimum absolute atomic E-state index is 0.393. The van der Waals surface area contributed by atoms with Crippen LogP contribution in [0.5, 0.6) is 5.75 Å². The average molecular weight is 338 g/mol. The number of ether oxygens (including phenoxy) is 1. The van der Waals surface area contributed by atoms with E-state index in [0.29, 0.717) is 17.0 Å². The van der Waals surface area contributed by atoms with E-state index in [1.807, 2.05) is 0 Å². The Kier molecular flexibility index (Phi) is 6.02. The van der Waals surface area contributed by atoms with Crippen molar-refractivity contribution in [2.24, 2.45) is 5.92 Å². The smallest absolute Gasteiger partial charge is 0.249 e. The fraction of sp³-hybridized carbons (Fsp3) is 0.105. The third-order valence-corrected chi connectivity index (χ3v) is 3.32. The highest BCUT2D eigenvalue weighted by atomic mass is 19.1. The molecule has 25 heavy (non-hydrogen) atoms. The minimum atomic E-state index is -1.48. The van der Waals surface area contributed by atoms with Crippen LogP contribution in [-0.2, 0) is 9.59 Å². The Morgan fingerprint density at radius 1 is 1.24 bits per heavy atom. The first kappa shape index (κ1) is 17.9. The molecule has 0 aliphatic rings. The van der Waals surface area contributed by atoms with Crippen molar-refractivity contribution in [3.8, 4) is 11.8 Å². The summed E-state index contributed by atoms with van der Waals surface area (Å²) in [6, 6.07) is 13.7. The van der Waals surface area contributed by atoms with Crippen LogP contribution in [0.3, 0.4) is 0 Å². The van der Waals surface area contributed by atoms with Crippen molar-refractivity contribution in [3.63, 3.8) is 0 Å². The van der Waals surface area contributed by atoms with Gasteiger partial charge >= 0.3 is 0 Å². The quantitative estimate of drug-likeness (QED) is 0.648. The number of rotatable bonds is 6. The third-order valence-electron chi connectivity index (χ3n) is 3.32. The maximum Gasteiger partial charge on any atom is 0.249 e. The second kappa shape index (κ2) is 8.41. The number of amides is 1. The summed E-state index contributed by atoms with van der Waals surface area (Å²) in [5.41, 5.74) is 1.000. The molecule has 0 aliphatic carbocycles. The summed E-state index contributed by atoms with van der Waals surface area (Å²) in [6.07, 6.45) is 2.55. The van der Waals surface area contributed by atoms with Crippen molar-refractivity contribution in [2.45, 2.75) is 0 Å². The van der Waals surface area contributed by atoms with Gasteiger partial charge in [0.25, 0.3) is 0 Å². The molecule has 0 saturated carbocycles. The van der Waals surface area contributed by atoms with Crippen LogP contribution in [0.15, 0.2) is 54.6 Å². The van der Waals surface area contributed by atoms with Crippen molar-refractivity contribution >= 4 is 23.5 Å². The molecule has 0 fully saturated rings. The predicted octanol–water partition coefficient (Wildman–Crippen LogP) is 3.20. The number of carbonyl (C=O) groups excluding carboxylic acids is 2. The summed E-state index contributed by atoms with van der Waals surface area (Å²) in [5, 5.41) is 11.6. The number of ketones is 1. The Balaban J connectivity index is 2.06. The average Bonchev–Trinajstić information content (AvgIpc) is 2.62. The lowest BCUT2D eigenvalue weighted by atomic mass is 10.0. The largest absolute Gasteiger partial charge is 0.497 e. The molecule has 5 nitrogen and oxygen atoms in total. The molecule has 1 atom stereocenters. The van der Waals surface area contributed by atoms with Gasteiger partial charge in [0.2, 0.25) is 5.91 Å². The lowest BCUT2D eigenvalue weighted by Gasteiger charge is -2.09. The molecule has 0 heterocycles. The van der Waals surface area contributed by atoms with Crippen LogP contribution in [-0.4, -0.2) is 18.8 Å². The van der Waals surface area contributed by atoms with E-state index in [9.17, 15) is 14.0 Å². The second-order valence-corrected chi connectivity index (χ2v) is 5.07. The van der Waals surface area contributed by atoms with Crippen LogP contribution in [0.2, 0.25) is 0 Å². The standard InChI is InChI=1S/C19H15FN2O3/c1-25-16-4-2-3-15(11-16)22-19(24)17(12-21)18(23)10-7-13-5-8-14(20)9-6-13/h2-11,17H,1H3,(H,22,24)/b10-7+. The van der Waals surface area contributed by atoms with Crippen molar-refractivity contribution in [3.05, 3.63) is 66.0 Å². The summed E-state index contributed by atoms with van der Waals surface area (Å²) in [7, 11) is 1.49. The highest BCUT2D eigenvalue weighted by molar-refractivity contribution is 6.14. The maximum absolute atomic E-state index is 12.8. The number of hydrogen-bond donors (Lipinski definition) is 1. The molecule has 6 heteroatoms. The zero-order valence-corrected chi connectivity index (χ0v) is 13.4. The first-order valence-corrected chi connectivity index (χ1v) is 7.35. The number of carbonyl (C=O) groups is 2. The molecule has 0 aromatic heterocycles. The highest BCUT2D eigenvalue weighted by Gasteiger charge is 2.24. The van der Waals surface area contributed by atoms with Crippen molar-refractivity contribution in [1.29, 1.82) is 5.26 Å². The lowest BCUT2D eigenvalue weighted by molar-refractivity contribution is -0.126. The fourth-order valence-electron chi connectivity index (χ4n) is 2.02. The number of anilines is 1. The van der Waals surface area contributed by atoms with Crippen molar-refractivity contribution in [2.75, 3.05) is 12.4 Å². The van der Waals surface area contributed by atoms with Gasteiger partial charge in [-0.15, -0.1) is 0 Å². The first-order chi connectivity index (χ1) is 12.0. The van der Waals surface area contributed by atoms with E-state index in [-0.39, 0.29) is 0 Å². The van der Waals surface area contributed by atoms with Gasteiger partial charge in [0.1, 0.15) is 11.6 Å². The molecule has 1 amide bonds. The van der Waals surface area contributed by atoms with E-state index in [2.05, 4.69) is 5.32 Å². The first-order valence-electron chi connectivity index (χ1n) is 7.35. The van der Waals surface area contributed by atoms with Gasteiger partial charge in [-0.25, -0.2) is 4.39 Å². The number of nitrogens with zero attached hydrogens (tertiary/aromatic N) is 1. The Labute approximate surface area is 144 Å². The topological polar surface area (TPSA) is 79.2 Å². The fourth-order valence-corrected chi connectivity index (χ4v) is 2.02. The summed E-state index contributed by atoms with van der Waals surface area (Å²) in [6.45, 7) is 0. The van der Waals surface area contributed by atoms with E-state index in [0.717, 1.165) is 6.08 Å². The molecule has 126 valence electrons. The SMILES string of the molecule is COc1cccc(NC(=O)C(C#N)C(=O)/C=C/c2ccc(F)cc2)c1. The van der Waals surface area contributed by atoms with Crippen LogP contribution >= 0.6 is 0 Å². The normalized spacial score (nSPS) is 11.6. The number of methoxy groups -OCH3 is 1. The van der Waals surface area contributed by atoms with Gasteiger partial charge in [0.15, 0.2) is 11.7 Å². The number of allylic oxidation sites excluding steroid dienone is 1. The lowest BCUT2D eigenvalue weighted by Crippen LogP contribution is -2.27. The molecule has 0 radical (unpaired) electrons. The van der Waals surface area contributed by atoms with E-state index >= 15 is 0 Å². The van der Waals surface area contributed by atoms with Crippen LogP contribution in [0, 0.1) is 23.1 Å². The summed E-state index contributed by atoms with van der Waals surface area (Å²) < 4.78 is 17.9. The van der Waals surface area contributed by atoms with Gasteiger partial charge < -0.3 is 10.1 Å². The van der Waals surface area contributed by atoms with Gasteiger partial charge in [-0.1, -0.05) is 24.3 Å². The number of halogens is 1. The summed E-state index contributed by atoms with van der Waals surface area (Å²) >= 11 is 0. The molecular weight excluding hydrogens is 323 g/mol. The highest BCUT2D eigenvalue weighted by Crippen LogP contribution is 2.17. The van der Waals surface area contributed by atoms with E-state index < -0.39 is 23.4 Å². The number of nitriles is 1. The summed E-state index contributed by atoms with van der Waals surface area (Å²) in [5.74, 6) is -2.73. The molecule has 2 aromatic carbocycles. The van der Waals surface area contributed by atoms with Crippen molar-refractivity contribution in [1.82, 2.24) is 0 Å². The van der Waals surface area contributed by atoms with Crippen LogP contribution in [0.25, 0.3) is 6.08 Å². The Morgan fingerprint density at radius 2 is 1.96 bits per heavy atom. The van der Waals surface area contributed by atoms with Crippen molar-refractivity contribution < 1.29 is 18.7 Å².